The molecule has 30 heavy (non-hydrogen) atoms. The van der Waals surface area contributed by atoms with E-state index in [-0.39, 0.29) is 0 Å². The van der Waals surface area contributed by atoms with E-state index >= 15 is 0 Å². The minimum Gasteiger partial charge on any atom is -0.200 e. The quantitative estimate of drug-likeness (QED) is 0.397. The summed E-state index contributed by atoms with van der Waals surface area (Å²) in [7, 11) is 2.20. The van der Waals surface area contributed by atoms with Crippen molar-refractivity contribution in [3.8, 4) is 11.3 Å². The van der Waals surface area contributed by atoms with Gasteiger partial charge in [0.25, 0.3) is 0 Å². The summed E-state index contributed by atoms with van der Waals surface area (Å²) in [6.07, 6.45) is 16.1. The van der Waals surface area contributed by atoms with Crippen molar-refractivity contribution < 1.29 is 4.57 Å². The third-order valence-electron chi connectivity index (χ3n) is 7.83. The van der Waals surface area contributed by atoms with Gasteiger partial charge in [0, 0.05) is 11.6 Å². The lowest BCUT2D eigenvalue weighted by Crippen LogP contribution is -2.30. The predicted molar refractivity (Wildman–Crippen MR) is 127 cm³/mol. The molecule has 2 aliphatic carbocycles. The van der Waals surface area contributed by atoms with Crippen molar-refractivity contribution >= 4 is 10.8 Å². The molecular formula is C29H36N+. The van der Waals surface area contributed by atoms with Gasteiger partial charge in [-0.05, 0) is 78.7 Å². The molecular weight excluding hydrogens is 362 g/mol. The van der Waals surface area contributed by atoms with E-state index in [1.165, 1.54) is 91.8 Å². The molecule has 2 aromatic carbocycles. The van der Waals surface area contributed by atoms with Crippen LogP contribution in [0.5, 0.6) is 0 Å². The molecule has 156 valence electrons. The molecule has 2 fully saturated rings. The third kappa shape index (κ3) is 3.80. The van der Waals surface area contributed by atoms with E-state index < -0.39 is 0 Å². The Labute approximate surface area is 182 Å². The van der Waals surface area contributed by atoms with Crippen molar-refractivity contribution in [1.82, 2.24) is 0 Å². The molecule has 1 aromatic heterocycles. The number of rotatable bonds is 3. The van der Waals surface area contributed by atoms with Crippen molar-refractivity contribution in [3.63, 3.8) is 0 Å². The second-order valence-corrected chi connectivity index (χ2v) is 9.87. The number of benzene rings is 2. The Morgan fingerprint density at radius 1 is 0.700 bits per heavy atom. The Morgan fingerprint density at radius 3 is 1.97 bits per heavy atom. The average molecular weight is 399 g/mol. The first-order chi connectivity index (χ1) is 14.7. The summed E-state index contributed by atoms with van der Waals surface area (Å²) < 4.78 is 2.33. The van der Waals surface area contributed by atoms with Crippen molar-refractivity contribution in [2.24, 2.45) is 7.05 Å². The van der Waals surface area contributed by atoms with E-state index in [1.807, 2.05) is 0 Å². The molecule has 2 saturated carbocycles. The molecule has 0 aliphatic heterocycles. The lowest BCUT2D eigenvalue weighted by molar-refractivity contribution is -0.659. The Hall–Kier alpha value is -2.15. The van der Waals surface area contributed by atoms with Crippen LogP contribution in [0.1, 0.15) is 92.7 Å². The van der Waals surface area contributed by atoms with E-state index in [4.69, 9.17) is 0 Å². The van der Waals surface area contributed by atoms with Gasteiger partial charge >= 0.3 is 0 Å². The summed E-state index contributed by atoms with van der Waals surface area (Å²) in [5.74, 6) is 1.51. The van der Waals surface area contributed by atoms with Gasteiger partial charge in [-0.25, -0.2) is 4.57 Å². The molecule has 1 heteroatoms. The molecule has 3 aromatic rings. The summed E-state index contributed by atoms with van der Waals surface area (Å²) in [5.41, 5.74) is 7.27. The maximum atomic E-state index is 2.51. The van der Waals surface area contributed by atoms with E-state index in [0.717, 1.165) is 11.8 Å². The maximum absolute atomic E-state index is 2.51. The normalized spacial score (nSPS) is 18.7. The van der Waals surface area contributed by atoms with Gasteiger partial charge in [-0.1, -0.05) is 62.8 Å². The molecule has 0 saturated heterocycles. The van der Waals surface area contributed by atoms with Crippen LogP contribution in [0.2, 0.25) is 0 Å². The van der Waals surface area contributed by atoms with Gasteiger partial charge in [0.15, 0.2) is 6.20 Å². The van der Waals surface area contributed by atoms with Crippen LogP contribution in [-0.2, 0) is 7.05 Å². The van der Waals surface area contributed by atoms with Gasteiger partial charge in [0.2, 0.25) is 5.69 Å². The minimum absolute atomic E-state index is 0.747. The molecule has 0 atom stereocenters. The fourth-order valence-corrected chi connectivity index (χ4v) is 6.00. The Bertz CT molecular complexity index is 1040. The van der Waals surface area contributed by atoms with Crippen molar-refractivity contribution in [1.29, 1.82) is 0 Å². The smallest absolute Gasteiger partial charge is 0.200 e. The van der Waals surface area contributed by atoms with Crippen LogP contribution in [0.15, 0.2) is 48.7 Å². The Morgan fingerprint density at radius 2 is 1.30 bits per heavy atom. The number of pyridine rings is 1. The summed E-state index contributed by atoms with van der Waals surface area (Å²) >= 11 is 0. The van der Waals surface area contributed by atoms with E-state index in [9.17, 15) is 0 Å². The standard InChI is InChI=1S/C29H36N/c1-21-13-14-25(23-11-7-4-8-12-23)20-28(21)29-27-16-15-24(22-9-5-3-6-10-22)19-26(27)17-18-30(29)2/h13-20,22-23H,3-12H2,1-2H3/q+1. The second-order valence-electron chi connectivity index (χ2n) is 9.87. The molecule has 0 N–H and O–H groups in total. The second kappa shape index (κ2) is 8.53. The monoisotopic (exact) mass is 398 g/mol. The highest BCUT2D eigenvalue weighted by atomic mass is 14.9. The highest BCUT2D eigenvalue weighted by Crippen LogP contribution is 2.38. The SMILES string of the molecule is Cc1ccc(C2CCCCC2)cc1-c1c2ccc(C3CCCCC3)cc2cc[n+]1C. The van der Waals surface area contributed by atoms with Gasteiger partial charge in [-0.15, -0.1) is 0 Å². The zero-order chi connectivity index (χ0) is 20.5. The zero-order valence-corrected chi connectivity index (χ0v) is 18.8. The number of nitrogens with zero attached hydrogens (tertiary/aromatic N) is 1. The van der Waals surface area contributed by atoms with Gasteiger partial charge in [-0.3, -0.25) is 0 Å². The van der Waals surface area contributed by atoms with Gasteiger partial charge < -0.3 is 0 Å². The first-order valence-corrected chi connectivity index (χ1v) is 12.2. The molecule has 2 aliphatic rings. The van der Waals surface area contributed by atoms with E-state index in [0.29, 0.717) is 0 Å². The highest BCUT2D eigenvalue weighted by molar-refractivity contribution is 5.94. The largest absolute Gasteiger partial charge is 0.220 e. The van der Waals surface area contributed by atoms with Gasteiger partial charge in [0.05, 0.1) is 5.39 Å². The van der Waals surface area contributed by atoms with Crippen LogP contribution in [-0.4, -0.2) is 0 Å². The number of aryl methyl sites for hydroxylation is 2. The van der Waals surface area contributed by atoms with Crippen molar-refractivity contribution in [2.45, 2.75) is 83.0 Å². The molecule has 0 amide bonds. The summed E-state index contributed by atoms with van der Waals surface area (Å²) in [4.78, 5) is 0. The zero-order valence-electron chi connectivity index (χ0n) is 18.8. The van der Waals surface area contributed by atoms with Gasteiger partial charge in [-0.2, -0.15) is 0 Å². The third-order valence-corrected chi connectivity index (χ3v) is 7.83. The molecule has 5 rings (SSSR count). The fourth-order valence-electron chi connectivity index (χ4n) is 6.00. The number of hydrogen-bond donors (Lipinski definition) is 0. The van der Waals surface area contributed by atoms with E-state index in [2.05, 4.69) is 67.2 Å². The Kier molecular flexibility index (Phi) is 5.63. The molecule has 0 bridgehead atoms. The first-order valence-electron chi connectivity index (χ1n) is 12.2. The number of fused-ring (bicyclic) bond motifs is 1. The Balaban J connectivity index is 1.58. The molecule has 0 unspecified atom stereocenters. The lowest BCUT2D eigenvalue weighted by atomic mass is 9.82. The predicted octanol–water partition coefficient (Wildman–Crippen LogP) is 7.74. The number of aromatic nitrogens is 1. The molecule has 1 heterocycles. The summed E-state index contributed by atoms with van der Waals surface area (Å²) in [6, 6.07) is 16.9. The highest BCUT2D eigenvalue weighted by Gasteiger charge is 2.22. The molecule has 0 spiro atoms. The van der Waals surface area contributed by atoms with Gasteiger partial charge in [0.1, 0.15) is 7.05 Å². The van der Waals surface area contributed by atoms with Crippen LogP contribution < -0.4 is 4.57 Å². The van der Waals surface area contributed by atoms with Crippen LogP contribution in [0.3, 0.4) is 0 Å². The van der Waals surface area contributed by atoms with E-state index in [1.54, 1.807) is 11.1 Å². The van der Waals surface area contributed by atoms with Crippen LogP contribution in [0, 0.1) is 6.92 Å². The first kappa shape index (κ1) is 19.8. The van der Waals surface area contributed by atoms with Crippen molar-refractivity contribution in [3.05, 3.63) is 65.4 Å². The van der Waals surface area contributed by atoms with Crippen LogP contribution in [0.25, 0.3) is 22.0 Å². The summed E-state index contributed by atoms with van der Waals surface area (Å²) in [6.45, 7) is 2.27. The number of hydrogen-bond acceptors (Lipinski definition) is 0. The molecule has 0 radical (unpaired) electrons. The minimum atomic E-state index is 0.747. The average Bonchev–Trinajstić information content (AvgIpc) is 2.80. The summed E-state index contributed by atoms with van der Waals surface area (Å²) in [5, 5.41) is 2.79. The van der Waals surface area contributed by atoms with Crippen LogP contribution in [0.4, 0.5) is 0 Å². The lowest BCUT2D eigenvalue weighted by Gasteiger charge is -2.23. The maximum Gasteiger partial charge on any atom is 0.220 e. The topological polar surface area (TPSA) is 3.88 Å². The fraction of sp³-hybridized carbons (Fsp3) is 0.483. The molecule has 1 nitrogen and oxygen atoms in total. The van der Waals surface area contributed by atoms with Crippen molar-refractivity contribution in [2.75, 3.05) is 0 Å². The van der Waals surface area contributed by atoms with Crippen LogP contribution >= 0.6 is 0 Å².